The van der Waals surface area contributed by atoms with Gasteiger partial charge in [0.15, 0.2) is 23.1 Å². The molecule has 1 aliphatic rings. The van der Waals surface area contributed by atoms with Crippen LogP contribution in [0.5, 0.6) is 11.5 Å². The van der Waals surface area contributed by atoms with E-state index in [0.717, 1.165) is 18.2 Å². The molecule has 4 rings (SSSR count). The Kier molecular flexibility index (Phi) is 8.08. The van der Waals surface area contributed by atoms with Crippen LogP contribution in [0, 0.1) is 11.6 Å². The molecule has 8 nitrogen and oxygen atoms in total. The Morgan fingerprint density at radius 1 is 1.31 bits per heavy atom. The van der Waals surface area contributed by atoms with E-state index in [4.69, 9.17) is 25.8 Å². The fourth-order valence-corrected chi connectivity index (χ4v) is 4.29. The molecule has 0 unspecified atom stereocenters. The number of carbonyl (C=O) groups excluding carboxylic acids is 1. The van der Waals surface area contributed by atoms with Gasteiger partial charge in [0.1, 0.15) is 18.1 Å². The molecule has 0 saturated carbocycles. The standard InChI is InChI=1S/C23H25ClF3N4O4Si/c1-36(2)6-5-33-13-31-9-15(24)19-18(3-4-28-21(19)31)35-20-16(25)7-14(8-17(20)26)30-22(32)29-10-23(27)11-34-12-23/h3-4,7-9H,5-6,10-13H2,1-2H3,(H2,29,30,32). The second-order valence-electron chi connectivity index (χ2n) is 8.77. The van der Waals surface area contributed by atoms with Gasteiger partial charge in [-0.2, -0.15) is 0 Å². The zero-order valence-corrected chi connectivity index (χ0v) is 21.4. The maximum absolute atomic E-state index is 14.8. The van der Waals surface area contributed by atoms with Crippen molar-refractivity contribution in [2.45, 2.75) is 31.5 Å². The summed E-state index contributed by atoms with van der Waals surface area (Å²) in [6, 6.07) is 3.42. The lowest BCUT2D eigenvalue weighted by Gasteiger charge is -2.33. The van der Waals surface area contributed by atoms with Crippen LogP contribution in [0.2, 0.25) is 24.2 Å². The first-order chi connectivity index (χ1) is 17.1. The summed E-state index contributed by atoms with van der Waals surface area (Å²) in [5, 5.41) is 5.23. The number of anilines is 1. The largest absolute Gasteiger partial charge is 0.450 e. The zero-order valence-electron chi connectivity index (χ0n) is 19.7. The molecule has 0 atom stereocenters. The number of pyridine rings is 1. The van der Waals surface area contributed by atoms with E-state index in [1.807, 2.05) is 0 Å². The SMILES string of the molecule is C[Si](C)CCOCn1cc(Cl)c2c(Oc3c(F)cc(NC(=O)NCC4(F)COC4)cc3F)ccnc21. The Balaban J connectivity index is 1.47. The van der Waals surface area contributed by atoms with Gasteiger partial charge in [-0.1, -0.05) is 24.7 Å². The predicted molar refractivity (Wildman–Crippen MR) is 131 cm³/mol. The quantitative estimate of drug-likeness (QED) is 0.267. The number of ether oxygens (including phenoxy) is 3. The minimum atomic E-state index is -1.64. The average molecular weight is 542 g/mol. The van der Waals surface area contributed by atoms with Gasteiger partial charge >= 0.3 is 6.03 Å². The number of aromatic nitrogens is 2. The maximum atomic E-state index is 14.8. The number of alkyl halides is 1. The van der Waals surface area contributed by atoms with Gasteiger partial charge in [-0.25, -0.2) is 22.9 Å². The molecular formula is C23H25ClF3N4O4Si. The fourth-order valence-electron chi connectivity index (χ4n) is 3.44. The number of benzene rings is 1. The number of nitrogens with one attached hydrogen (secondary N) is 2. The lowest BCUT2D eigenvalue weighted by molar-refractivity contribution is -0.125. The van der Waals surface area contributed by atoms with E-state index < -0.39 is 37.9 Å². The van der Waals surface area contributed by atoms with Gasteiger partial charge in [0.05, 0.1) is 30.2 Å². The molecule has 1 radical (unpaired) electrons. The number of hydrogen-bond acceptors (Lipinski definition) is 5. The van der Waals surface area contributed by atoms with Crippen LogP contribution in [-0.2, 0) is 16.2 Å². The minimum Gasteiger partial charge on any atom is -0.450 e. The zero-order chi connectivity index (χ0) is 25.9. The van der Waals surface area contributed by atoms with Gasteiger partial charge in [0.25, 0.3) is 0 Å². The average Bonchev–Trinajstić information content (AvgIpc) is 3.12. The first-order valence-corrected chi connectivity index (χ1v) is 14.2. The number of fused-ring (bicyclic) bond motifs is 1. The van der Waals surface area contributed by atoms with Crippen LogP contribution < -0.4 is 15.4 Å². The number of carbonyl (C=O) groups is 1. The van der Waals surface area contributed by atoms with Gasteiger partial charge in [-0.05, 0) is 12.1 Å². The number of halogens is 4. The van der Waals surface area contributed by atoms with Crippen molar-refractivity contribution in [1.82, 2.24) is 14.9 Å². The molecule has 2 aromatic heterocycles. The third kappa shape index (κ3) is 6.12. The molecule has 0 aliphatic carbocycles. The molecule has 1 aromatic carbocycles. The predicted octanol–water partition coefficient (Wildman–Crippen LogP) is 5.35. The topological polar surface area (TPSA) is 86.6 Å². The summed E-state index contributed by atoms with van der Waals surface area (Å²) in [5.41, 5.74) is -1.37. The Morgan fingerprint density at radius 3 is 2.67 bits per heavy atom. The van der Waals surface area contributed by atoms with Crippen LogP contribution in [0.3, 0.4) is 0 Å². The molecule has 1 fully saturated rings. The highest BCUT2D eigenvalue weighted by molar-refractivity contribution is 6.55. The number of amides is 2. The Labute approximate surface area is 212 Å². The Bertz CT molecular complexity index is 1230. The number of urea groups is 1. The highest BCUT2D eigenvalue weighted by atomic mass is 35.5. The summed E-state index contributed by atoms with van der Waals surface area (Å²) in [6.45, 7) is 4.69. The van der Waals surface area contributed by atoms with Crippen molar-refractivity contribution in [3.63, 3.8) is 0 Å². The van der Waals surface area contributed by atoms with Gasteiger partial charge in [-0.3, -0.25) is 0 Å². The molecule has 3 heterocycles. The van der Waals surface area contributed by atoms with E-state index in [2.05, 4.69) is 28.7 Å². The highest BCUT2D eigenvalue weighted by Gasteiger charge is 2.39. The van der Waals surface area contributed by atoms with E-state index in [1.165, 1.54) is 12.3 Å². The van der Waals surface area contributed by atoms with E-state index in [1.54, 1.807) is 10.8 Å². The third-order valence-corrected chi connectivity index (χ3v) is 6.90. The maximum Gasteiger partial charge on any atom is 0.319 e. The van der Waals surface area contributed by atoms with Crippen molar-refractivity contribution in [1.29, 1.82) is 0 Å². The van der Waals surface area contributed by atoms with Crippen LogP contribution in [0.4, 0.5) is 23.7 Å². The van der Waals surface area contributed by atoms with Gasteiger partial charge in [0, 0.05) is 45.6 Å². The summed E-state index contributed by atoms with van der Waals surface area (Å²) in [5.74, 6) is -2.69. The summed E-state index contributed by atoms with van der Waals surface area (Å²) in [7, 11) is -0.405. The molecule has 3 aromatic rings. The third-order valence-electron chi connectivity index (χ3n) is 5.40. The van der Waals surface area contributed by atoms with Crippen molar-refractivity contribution >= 4 is 43.1 Å². The number of hydrogen-bond donors (Lipinski definition) is 2. The van der Waals surface area contributed by atoms with Crippen LogP contribution in [0.15, 0.2) is 30.6 Å². The molecule has 0 spiro atoms. The lowest BCUT2D eigenvalue weighted by Crippen LogP contribution is -2.54. The van der Waals surface area contributed by atoms with E-state index >= 15 is 0 Å². The molecule has 2 amide bonds. The molecule has 2 N–H and O–H groups in total. The van der Waals surface area contributed by atoms with Crippen molar-refractivity contribution in [3.8, 4) is 11.5 Å². The van der Waals surface area contributed by atoms with Crippen LogP contribution in [0.1, 0.15) is 0 Å². The Morgan fingerprint density at radius 2 is 2.03 bits per heavy atom. The molecule has 0 bridgehead atoms. The second kappa shape index (κ2) is 11.1. The lowest BCUT2D eigenvalue weighted by atomic mass is 10.1. The summed E-state index contributed by atoms with van der Waals surface area (Å²) in [6.07, 6.45) is 3.05. The summed E-state index contributed by atoms with van der Waals surface area (Å²) in [4.78, 5) is 16.3. The molecule has 13 heteroatoms. The molecule has 1 saturated heterocycles. The van der Waals surface area contributed by atoms with E-state index in [-0.39, 0.29) is 42.9 Å². The van der Waals surface area contributed by atoms with Crippen LogP contribution >= 0.6 is 11.6 Å². The smallest absolute Gasteiger partial charge is 0.319 e. The summed E-state index contributed by atoms with van der Waals surface area (Å²) < 4.78 is 61.2. The van der Waals surface area contributed by atoms with Gasteiger partial charge in [0.2, 0.25) is 0 Å². The van der Waals surface area contributed by atoms with Crippen molar-refractivity contribution < 1.29 is 32.2 Å². The first-order valence-electron chi connectivity index (χ1n) is 11.1. The molecule has 193 valence electrons. The van der Waals surface area contributed by atoms with Crippen LogP contribution in [0.25, 0.3) is 11.0 Å². The monoisotopic (exact) mass is 541 g/mol. The van der Waals surface area contributed by atoms with Crippen molar-refractivity contribution in [2.24, 2.45) is 0 Å². The number of rotatable bonds is 10. The van der Waals surface area contributed by atoms with Gasteiger partial charge in [-0.15, -0.1) is 0 Å². The fraction of sp³-hybridized carbons (Fsp3) is 0.391. The first kappa shape index (κ1) is 26.3. The molecular weight excluding hydrogens is 517 g/mol. The molecule has 1 aliphatic heterocycles. The van der Waals surface area contributed by atoms with Crippen LogP contribution in [-0.4, -0.2) is 56.4 Å². The number of nitrogens with zero attached hydrogens (tertiary/aromatic N) is 2. The normalized spacial score (nSPS) is 14.6. The molecule has 36 heavy (non-hydrogen) atoms. The van der Waals surface area contributed by atoms with E-state index in [0.29, 0.717) is 17.6 Å². The van der Waals surface area contributed by atoms with Crippen molar-refractivity contribution in [3.05, 3.63) is 47.2 Å². The minimum absolute atomic E-state index is 0.101. The second-order valence-corrected chi connectivity index (χ2v) is 12.1. The van der Waals surface area contributed by atoms with E-state index in [9.17, 15) is 18.0 Å². The highest BCUT2D eigenvalue weighted by Crippen LogP contribution is 2.37. The van der Waals surface area contributed by atoms with Gasteiger partial charge < -0.3 is 29.4 Å². The van der Waals surface area contributed by atoms with Crippen molar-refractivity contribution in [2.75, 3.05) is 31.7 Å². The summed E-state index contributed by atoms with van der Waals surface area (Å²) >= 11 is 6.38. The Hall–Kier alpha value is -2.80.